The number of carbonyl (C=O) groups excluding carboxylic acids is 2. The summed E-state index contributed by atoms with van der Waals surface area (Å²) in [6, 6.07) is 1.91. The first-order chi connectivity index (χ1) is 11.6. The fraction of sp³-hybridized carbons (Fsp3) is 0.647. The molecule has 1 aliphatic rings. The molecule has 7 heteroatoms. The van der Waals surface area contributed by atoms with Gasteiger partial charge in [0.2, 0.25) is 5.95 Å². The molecule has 0 saturated heterocycles. The number of esters is 1. The molecule has 1 aliphatic carbocycles. The van der Waals surface area contributed by atoms with Crippen molar-refractivity contribution in [3.8, 4) is 0 Å². The van der Waals surface area contributed by atoms with E-state index < -0.39 is 5.97 Å². The van der Waals surface area contributed by atoms with Crippen molar-refractivity contribution >= 4 is 17.8 Å². The molecule has 1 aromatic rings. The van der Waals surface area contributed by atoms with E-state index in [9.17, 15) is 9.59 Å². The summed E-state index contributed by atoms with van der Waals surface area (Å²) < 4.78 is 5.05. The molecule has 1 fully saturated rings. The number of carbonyl (C=O) groups is 2. The summed E-state index contributed by atoms with van der Waals surface area (Å²) in [4.78, 5) is 33.4. The van der Waals surface area contributed by atoms with Crippen LogP contribution in [0.25, 0.3) is 0 Å². The lowest BCUT2D eigenvalue weighted by molar-refractivity contribution is -0.147. The average molecular weight is 334 g/mol. The van der Waals surface area contributed by atoms with Crippen molar-refractivity contribution in [2.45, 2.75) is 51.0 Å². The van der Waals surface area contributed by atoms with E-state index >= 15 is 0 Å². The molecule has 24 heavy (non-hydrogen) atoms. The quantitative estimate of drug-likeness (QED) is 0.797. The highest BCUT2D eigenvalue weighted by Gasteiger charge is 2.16. The van der Waals surface area contributed by atoms with Gasteiger partial charge in [0, 0.05) is 25.5 Å². The van der Waals surface area contributed by atoms with Crippen molar-refractivity contribution in [3.63, 3.8) is 0 Å². The van der Waals surface area contributed by atoms with Gasteiger partial charge in [-0.1, -0.05) is 32.1 Å². The third-order valence-corrected chi connectivity index (χ3v) is 4.09. The second-order valence-electron chi connectivity index (χ2n) is 6.18. The molecule has 7 nitrogen and oxygen atoms in total. The Morgan fingerprint density at radius 2 is 1.79 bits per heavy atom. The van der Waals surface area contributed by atoms with Crippen LogP contribution in [0, 0.1) is 0 Å². The molecule has 1 heterocycles. The summed E-state index contributed by atoms with van der Waals surface area (Å²) in [5, 5.41) is 2.97. The second-order valence-corrected chi connectivity index (χ2v) is 6.18. The molecule has 1 saturated carbocycles. The number of likely N-dealkylation sites (N-methyl/N-ethyl adjacent to an activating group) is 1. The van der Waals surface area contributed by atoms with Crippen molar-refractivity contribution < 1.29 is 14.3 Å². The van der Waals surface area contributed by atoms with Gasteiger partial charge in [-0.3, -0.25) is 9.59 Å². The molecule has 0 bridgehead atoms. The average Bonchev–Trinajstić information content (AvgIpc) is 2.56. The van der Waals surface area contributed by atoms with Crippen LogP contribution in [0.4, 0.5) is 5.95 Å². The highest BCUT2D eigenvalue weighted by atomic mass is 16.5. The molecular weight excluding hydrogens is 308 g/mol. The molecule has 132 valence electrons. The minimum absolute atomic E-state index is 0.000716. The number of aromatic nitrogens is 2. The van der Waals surface area contributed by atoms with Crippen LogP contribution in [0.3, 0.4) is 0 Å². The Morgan fingerprint density at radius 1 is 1.17 bits per heavy atom. The molecule has 0 aliphatic heterocycles. The van der Waals surface area contributed by atoms with Gasteiger partial charge in [0.1, 0.15) is 6.54 Å². The minimum atomic E-state index is -0.474. The van der Waals surface area contributed by atoms with Crippen LogP contribution in [0.5, 0.6) is 0 Å². The maximum absolute atomic E-state index is 11.9. The fourth-order valence-electron chi connectivity index (χ4n) is 2.81. The van der Waals surface area contributed by atoms with Crippen molar-refractivity contribution in [1.29, 1.82) is 0 Å². The van der Waals surface area contributed by atoms with Crippen LogP contribution in [0.2, 0.25) is 0 Å². The van der Waals surface area contributed by atoms with Gasteiger partial charge in [0.25, 0.3) is 5.91 Å². The highest BCUT2D eigenvalue weighted by Crippen LogP contribution is 2.16. The Morgan fingerprint density at radius 3 is 2.46 bits per heavy atom. The predicted octanol–water partition coefficient (Wildman–Crippen LogP) is 1.69. The first-order valence-corrected chi connectivity index (χ1v) is 8.58. The summed E-state index contributed by atoms with van der Waals surface area (Å²) in [6.45, 7) is -0.237. The minimum Gasteiger partial charge on any atom is -0.454 e. The predicted molar refractivity (Wildman–Crippen MR) is 90.5 cm³/mol. The summed E-state index contributed by atoms with van der Waals surface area (Å²) in [6.07, 6.45) is 11.3. The van der Waals surface area contributed by atoms with Gasteiger partial charge in [-0.25, -0.2) is 9.97 Å². The zero-order valence-electron chi connectivity index (χ0n) is 14.2. The Labute approximate surface area is 142 Å². The molecule has 0 aromatic carbocycles. The van der Waals surface area contributed by atoms with Gasteiger partial charge in [0.15, 0.2) is 6.61 Å². The van der Waals surface area contributed by atoms with Crippen molar-refractivity contribution in [2.24, 2.45) is 0 Å². The lowest BCUT2D eigenvalue weighted by atomic mass is 9.97. The number of nitrogens with one attached hydrogen (secondary N) is 1. The normalized spacial score (nSPS) is 15.9. The van der Waals surface area contributed by atoms with Crippen molar-refractivity contribution in [3.05, 3.63) is 18.5 Å². The van der Waals surface area contributed by atoms with Gasteiger partial charge in [-0.2, -0.15) is 0 Å². The second kappa shape index (κ2) is 9.85. The van der Waals surface area contributed by atoms with E-state index in [-0.39, 0.29) is 25.1 Å². The Kier molecular flexibility index (Phi) is 7.45. The maximum Gasteiger partial charge on any atom is 0.326 e. The zero-order chi connectivity index (χ0) is 17.2. The van der Waals surface area contributed by atoms with E-state index in [0.717, 1.165) is 25.7 Å². The topological polar surface area (TPSA) is 84.4 Å². The molecule has 2 rings (SSSR count). The van der Waals surface area contributed by atoms with E-state index in [0.29, 0.717) is 5.95 Å². The van der Waals surface area contributed by atoms with Gasteiger partial charge in [-0.15, -0.1) is 0 Å². The van der Waals surface area contributed by atoms with Crippen LogP contribution >= 0.6 is 0 Å². The molecule has 0 atom stereocenters. The number of hydrogen-bond donors (Lipinski definition) is 1. The number of hydrogen-bond acceptors (Lipinski definition) is 6. The van der Waals surface area contributed by atoms with E-state index in [1.807, 2.05) is 0 Å². The summed E-state index contributed by atoms with van der Waals surface area (Å²) in [5.74, 6) is -0.265. The first kappa shape index (κ1) is 18.2. The zero-order valence-corrected chi connectivity index (χ0v) is 14.2. The Balaban J connectivity index is 1.68. The summed E-state index contributed by atoms with van der Waals surface area (Å²) in [5.41, 5.74) is 0. The first-order valence-electron chi connectivity index (χ1n) is 8.58. The standard InChI is InChI=1S/C17H26N4O3/c1-21(17-18-10-7-11-19-17)12-16(23)24-13-15(22)20-14-8-5-3-2-4-6-9-14/h7,10-11,14H,2-6,8-9,12-13H2,1H3,(H,20,22). The van der Waals surface area contributed by atoms with E-state index in [4.69, 9.17) is 4.74 Å². The lowest BCUT2D eigenvalue weighted by Crippen LogP contribution is -2.39. The van der Waals surface area contributed by atoms with Gasteiger partial charge in [-0.05, 0) is 18.9 Å². The van der Waals surface area contributed by atoms with Gasteiger partial charge < -0.3 is 15.0 Å². The van der Waals surface area contributed by atoms with Crippen molar-refractivity contribution in [2.75, 3.05) is 25.1 Å². The van der Waals surface area contributed by atoms with Crippen LogP contribution in [0.15, 0.2) is 18.5 Å². The van der Waals surface area contributed by atoms with Crippen LogP contribution < -0.4 is 10.2 Å². The summed E-state index contributed by atoms with van der Waals surface area (Å²) >= 11 is 0. The van der Waals surface area contributed by atoms with Crippen LogP contribution in [-0.4, -0.2) is 48.1 Å². The molecule has 1 aromatic heterocycles. The van der Waals surface area contributed by atoms with Crippen molar-refractivity contribution in [1.82, 2.24) is 15.3 Å². The third-order valence-electron chi connectivity index (χ3n) is 4.09. The highest BCUT2D eigenvalue weighted by molar-refractivity contribution is 5.82. The molecule has 0 spiro atoms. The summed E-state index contributed by atoms with van der Waals surface area (Å²) in [7, 11) is 1.70. The Hall–Kier alpha value is -2.18. The van der Waals surface area contributed by atoms with Gasteiger partial charge >= 0.3 is 5.97 Å². The molecule has 0 unspecified atom stereocenters. The number of amides is 1. The number of anilines is 1. The number of rotatable bonds is 6. The molecule has 0 radical (unpaired) electrons. The molecular formula is C17H26N4O3. The number of nitrogens with zero attached hydrogens (tertiary/aromatic N) is 3. The van der Waals surface area contributed by atoms with Gasteiger partial charge in [0.05, 0.1) is 0 Å². The SMILES string of the molecule is CN(CC(=O)OCC(=O)NC1CCCCCCC1)c1ncccn1. The Bertz CT molecular complexity index is 516. The fourth-order valence-corrected chi connectivity index (χ4v) is 2.81. The van der Waals surface area contributed by atoms with E-state index in [1.165, 1.54) is 19.3 Å². The van der Waals surface area contributed by atoms with E-state index in [2.05, 4.69) is 15.3 Å². The third kappa shape index (κ3) is 6.52. The monoisotopic (exact) mass is 334 g/mol. The number of ether oxygens (including phenoxy) is 1. The maximum atomic E-state index is 11.9. The van der Waals surface area contributed by atoms with Crippen LogP contribution in [0.1, 0.15) is 44.9 Å². The lowest BCUT2D eigenvalue weighted by Gasteiger charge is -2.21. The molecule has 1 amide bonds. The largest absolute Gasteiger partial charge is 0.454 e. The molecule has 1 N–H and O–H groups in total. The smallest absolute Gasteiger partial charge is 0.326 e. The van der Waals surface area contributed by atoms with Crippen LogP contribution in [-0.2, 0) is 14.3 Å². The van der Waals surface area contributed by atoms with E-state index in [1.54, 1.807) is 30.4 Å².